The maximum atomic E-state index is 11.5. The van der Waals surface area contributed by atoms with Gasteiger partial charge in [-0.1, -0.05) is 38.1 Å². The Morgan fingerprint density at radius 2 is 1.70 bits per heavy atom. The van der Waals surface area contributed by atoms with Crippen molar-refractivity contribution in [2.75, 3.05) is 0 Å². The Morgan fingerprint density at radius 1 is 1.15 bits per heavy atom. The Balaban J connectivity index is 2.66. The quantitative estimate of drug-likeness (QED) is 0.784. The molecule has 2 atom stereocenters. The van der Waals surface area contributed by atoms with E-state index in [-0.39, 0.29) is 6.04 Å². The summed E-state index contributed by atoms with van der Waals surface area (Å²) < 4.78 is 0. The minimum absolute atomic E-state index is 0.160. The largest absolute Gasteiger partial charge is 0.478 e. The van der Waals surface area contributed by atoms with Crippen LogP contribution in [-0.4, -0.2) is 17.0 Å². The summed E-state index contributed by atoms with van der Waals surface area (Å²) >= 11 is 0. The van der Waals surface area contributed by atoms with Gasteiger partial charge < -0.3 is 10.4 Å². The molecule has 2 unspecified atom stereocenters. The van der Waals surface area contributed by atoms with Crippen LogP contribution in [0, 0.1) is 0 Å². The average molecular weight is 275 g/mol. The molecule has 0 aliphatic heterocycles. The summed E-state index contributed by atoms with van der Waals surface area (Å²) in [6.07, 6.45) is 2.94. The molecule has 1 amide bonds. The van der Waals surface area contributed by atoms with Crippen LogP contribution in [0.2, 0.25) is 0 Å². The van der Waals surface area contributed by atoms with E-state index >= 15 is 0 Å². The Bertz CT molecular complexity index is 491. The summed E-state index contributed by atoms with van der Waals surface area (Å²) in [5.74, 6) is -1.02. The molecule has 0 bridgehead atoms. The van der Waals surface area contributed by atoms with E-state index in [4.69, 9.17) is 5.11 Å². The number of carbonyl (C=O) groups is 2. The van der Waals surface area contributed by atoms with Crippen molar-refractivity contribution in [3.8, 4) is 0 Å². The lowest BCUT2D eigenvalue weighted by atomic mass is 9.96. The van der Waals surface area contributed by atoms with Crippen molar-refractivity contribution >= 4 is 11.9 Å². The molecule has 0 aliphatic carbocycles. The SMILES string of the molecule is CCC(C)c1ccc(C(C)NC(=O)C=CC(=O)O)cc1. The van der Waals surface area contributed by atoms with Gasteiger partial charge in [0.05, 0.1) is 6.04 Å². The molecule has 20 heavy (non-hydrogen) atoms. The monoisotopic (exact) mass is 275 g/mol. The minimum atomic E-state index is -1.13. The van der Waals surface area contributed by atoms with Gasteiger partial charge in [-0.15, -0.1) is 0 Å². The first-order chi connectivity index (χ1) is 9.43. The molecular weight excluding hydrogens is 254 g/mol. The number of nitrogens with one attached hydrogen (secondary N) is 1. The van der Waals surface area contributed by atoms with Crippen LogP contribution < -0.4 is 5.32 Å². The Labute approximate surface area is 119 Å². The Hall–Kier alpha value is -2.10. The molecule has 1 aromatic rings. The second-order valence-electron chi connectivity index (χ2n) is 4.88. The van der Waals surface area contributed by atoms with E-state index in [9.17, 15) is 9.59 Å². The summed E-state index contributed by atoms with van der Waals surface area (Å²) in [6.45, 7) is 6.19. The van der Waals surface area contributed by atoms with E-state index in [1.54, 1.807) is 0 Å². The third-order valence-corrected chi connectivity index (χ3v) is 3.35. The van der Waals surface area contributed by atoms with E-state index in [1.807, 2.05) is 19.1 Å². The first-order valence-electron chi connectivity index (χ1n) is 6.75. The lowest BCUT2D eigenvalue weighted by molar-refractivity contribution is -0.131. The molecule has 0 aliphatic rings. The van der Waals surface area contributed by atoms with Gasteiger partial charge in [-0.05, 0) is 30.4 Å². The normalized spacial score (nSPS) is 13.9. The number of carbonyl (C=O) groups excluding carboxylic acids is 1. The van der Waals surface area contributed by atoms with E-state index in [1.165, 1.54) is 5.56 Å². The van der Waals surface area contributed by atoms with E-state index in [0.717, 1.165) is 24.1 Å². The third-order valence-electron chi connectivity index (χ3n) is 3.35. The fourth-order valence-electron chi connectivity index (χ4n) is 1.84. The first-order valence-corrected chi connectivity index (χ1v) is 6.75. The predicted molar refractivity (Wildman–Crippen MR) is 78.5 cm³/mol. The van der Waals surface area contributed by atoms with Crippen LogP contribution >= 0.6 is 0 Å². The standard InChI is InChI=1S/C16H21NO3/c1-4-11(2)13-5-7-14(8-6-13)12(3)17-15(18)9-10-16(19)20/h5-12H,4H2,1-3H3,(H,17,18)(H,19,20). The zero-order chi connectivity index (χ0) is 15.1. The number of hydrogen-bond donors (Lipinski definition) is 2. The van der Waals surface area contributed by atoms with Crippen LogP contribution in [0.1, 0.15) is 50.3 Å². The van der Waals surface area contributed by atoms with Gasteiger partial charge in [-0.25, -0.2) is 4.79 Å². The van der Waals surface area contributed by atoms with Crippen LogP contribution in [0.4, 0.5) is 0 Å². The van der Waals surface area contributed by atoms with E-state index in [2.05, 4.69) is 31.3 Å². The molecular formula is C16H21NO3. The lowest BCUT2D eigenvalue weighted by Crippen LogP contribution is -2.24. The number of hydrogen-bond acceptors (Lipinski definition) is 2. The number of benzene rings is 1. The van der Waals surface area contributed by atoms with Gasteiger partial charge in [0, 0.05) is 12.2 Å². The van der Waals surface area contributed by atoms with Crippen molar-refractivity contribution in [1.29, 1.82) is 0 Å². The van der Waals surface area contributed by atoms with Crippen molar-refractivity contribution in [2.24, 2.45) is 0 Å². The van der Waals surface area contributed by atoms with Crippen molar-refractivity contribution in [3.05, 3.63) is 47.5 Å². The first kappa shape index (κ1) is 16.0. The average Bonchev–Trinajstić information content (AvgIpc) is 2.44. The van der Waals surface area contributed by atoms with Gasteiger partial charge in [-0.2, -0.15) is 0 Å². The molecule has 4 heteroatoms. The van der Waals surface area contributed by atoms with Gasteiger partial charge in [0.25, 0.3) is 0 Å². The molecule has 0 radical (unpaired) electrons. The summed E-state index contributed by atoms with van der Waals surface area (Å²) in [5.41, 5.74) is 2.27. The van der Waals surface area contributed by atoms with Gasteiger partial charge in [0.15, 0.2) is 0 Å². The molecule has 0 saturated heterocycles. The van der Waals surface area contributed by atoms with Gasteiger partial charge in [0.2, 0.25) is 5.91 Å². The maximum Gasteiger partial charge on any atom is 0.328 e. The van der Waals surface area contributed by atoms with Crippen LogP contribution in [0.5, 0.6) is 0 Å². The molecule has 0 heterocycles. The lowest BCUT2D eigenvalue weighted by Gasteiger charge is -2.15. The molecule has 108 valence electrons. The fourth-order valence-corrected chi connectivity index (χ4v) is 1.84. The predicted octanol–water partition coefficient (Wildman–Crippen LogP) is 3.02. The smallest absolute Gasteiger partial charge is 0.328 e. The molecule has 2 N–H and O–H groups in total. The number of amides is 1. The molecule has 0 aromatic heterocycles. The third kappa shape index (κ3) is 4.88. The summed E-state index contributed by atoms with van der Waals surface area (Å²) in [5, 5.41) is 11.2. The van der Waals surface area contributed by atoms with Crippen molar-refractivity contribution < 1.29 is 14.7 Å². The number of aliphatic carboxylic acids is 1. The van der Waals surface area contributed by atoms with Gasteiger partial charge in [0.1, 0.15) is 0 Å². The highest BCUT2D eigenvalue weighted by Crippen LogP contribution is 2.21. The Kier molecular flexibility index (Phi) is 5.97. The van der Waals surface area contributed by atoms with Gasteiger partial charge >= 0.3 is 5.97 Å². The highest BCUT2D eigenvalue weighted by Gasteiger charge is 2.09. The van der Waals surface area contributed by atoms with Crippen molar-refractivity contribution in [2.45, 2.75) is 39.2 Å². The summed E-state index contributed by atoms with van der Waals surface area (Å²) in [6, 6.07) is 7.96. The van der Waals surface area contributed by atoms with Crippen molar-refractivity contribution in [1.82, 2.24) is 5.32 Å². The van der Waals surface area contributed by atoms with Crippen LogP contribution in [0.25, 0.3) is 0 Å². The highest BCUT2D eigenvalue weighted by molar-refractivity contribution is 5.94. The number of rotatable bonds is 6. The van der Waals surface area contributed by atoms with E-state index < -0.39 is 11.9 Å². The molecule has 1 rings (SSSR count). The molecule has 1 aromatic carbocycles. The zero-order valence-corrected chi connectivity index (χ0v) is 12.1. The second kappa shape index (κ2) is 7.48. The maximum absolute atomic E-state index is 11.5. The van der Waals surface area contributed by atoms with Crippen LogP contribution in [0.3, 0.4) is 0 Å². The van der Waals surface area contributed by atoms with Crippen LogP contribution in [0.15, 0.2) is 36.4 Å². The van der Waals surface area contributed by atoms with E-state index in [0.29, 0.717) is 5.92 Å². The molecule has 0 saturated carbocycles. The molecule has 0 spiro atoms. The Morgan fingerprint density at radius 3 is 2.20 bits per heavy atom. The minimum Gasteiger partial charge on any atom is -0.478 e. The molecule has 4 nitrogen and oxygen atoms in total. The summed E-state index contributed by atoms with van der Waals surface area (Å²) in [4.78, 5) is 21.8. The number of carboxylic acid groups (broad SMARTS) is 1. The zero-order valence-electron chi connectivity index (χ0n) is 12.1. The van der Waals surface area contributed by atoms with Crippen molar-refractivity contribution in [3.63, 3.8) is 0 Å². The number of carboxylic acids is 1. The van der Waals surface area contributed by atoms with Crippen LogP contribution in [-0.2, 0) is 9.59 Å². The topological polar surface area (TPSA) is 66.4 Å². The van der Waals surface area contributed by atoms with Gasteiger partial charge in [-0.3, -0.25) is 4.79 Å². The molecule has 0 fully saturated rings. The highest BCUT2D eigenvalue weighted by atomic mass is 16.4. The summed E-state index contributed by atoms with van der Waals surface area (Å²) in [7, 11) is 0. The second-order valence-corrected chi connectivity index (χ2v) is 4.88. The fraction of sp³-hybridized carbons (Fsp3) is 0.375.